The molecule has 0 saturated heterocycles. The molecule has 3 aromatic rings. The van der Waals surface area contributed by atoms with Crippen molar-refractivity contribution >= 4 is 38.5 Å². The van der Waals surface area contributed by atoms with Crippen LogP contribution in [0.4, 0.5) is 5.13 Å². The third-order valence-electron chi connectivity index (χ3n) is 4.97. The molecule has 2 aromatic carbocycles. The van der Waals surface area contributed by atoms with Gasteiger partial charge < -0.3 is 14.2 Å². The average molecular weight is 543 g/mol. The number of carbonyl (C=O) groups excluding carboxylic acids is 1. The molecule has 0 aliphatic carbocycles. The lowest BCUT2D eigenvalue weighted by atomic mass is 10.1. The van der Waals surface area contributed by atoms with Crippen LogP contribution in [0.2, 0.25) is 0 Å². The molecule has 1 aromatic heterocycles. The Kier molecular flexibility index (Phi) is 9.21. The summed E-state index contributed by atoms with van der Waals surface area (Å²) < 4.78 is 45.0. The van der Waals surface area contributed by atoms with E-state index < -0.39 is 21.0 Å². The van der Waals surface area contributed by atoms with Crippen LogP contribution in [-0.2, 0) is 14.6 Å². The predicted octanol–water partition coefficient (Wildman–Crippen LogP) is 4.04. The fraction of sp³-hybridized carbons (Fsp3) is 0.280. The minimum absolute atomic E-state index is 0.0282. The topological polar surface area (TPSA) is 140 Å². The highest BCUT2D eigenvalue weighted by atomic mass is 32.2. The second-order valence-corrected chi connectivity index (χ2v) is 11.2. The minimum atomic E-state index is -3.68. The van der Waals surface area contributed by atoms with Crippen molar-refractivity contribution in [3.05, 3.63) is 59.2 Å². The summed E-state index contributed by atoms with van der Waals surface area (Å²) >= 11 is 0.717. The average Bonchev–Trinajstić information content (AvgIpc) is 3.34. The maximum Gasteiger partial charge on any atom is 0.268 e. The molecular weight excluding hydrogens is 516 g/mol. The zero-order valence-corrected chi connectivity index (χ0v) is 22.4. The van der Waals surface area contributed by atoms with E-state index in [4.69, 9.17) is 14.2 Å². The first-order valence-corrected chi connectivity index (χ1v) is 13.5. The number of nitrogens with one attached hydrogen (secondary N) is 1. The molecule has 0 saturated carbocycles. The highest BCUT2D eigenvalue weighted by Crippen LogP contribution is 2.29. The van der Waals surface area contributed by atoms with Gasteiger partial charge in [-0.2, -0.15) is 14.6 Å². The van der Waals surface area contributed by atoms with Crippen molar-refractivity contribution in [3.8, 4) is 23.3 Å². The van der Waals surface area contributed by atoms with Gasteiger partial charge in [0, 0.05) is 11.5 Å². The number of rotatable bonds is 11. The van der Waals surface area contributed by atoms with Gasteiger partial charge in [-0.15, -0.1) is 0 Å². The number of amides is 1. The lowest BCUT2D eigenvalue weighted by Crippen LogP contribution is -2.16. The molecule has 0 spiro atoms. The monoisotopic (exact) mass is 542 g/mol. The van der Waals surface area contributed by atoms with E-state index in [1.165, 1.54) is 27.0 Å². The fourth-order valence-corrected chi connectivity index (χ4v) is 4.67. The van der Waals surface area contributed by atoms with E-state index in [9.17, 15) is 18.5 Å². The van der Waals surface area contributed by atoms with Crippen molar-refractivity contribution in [2.24, 2.45) is 0 Å². The largest absolute Gasteiger partial charge is 0.493 e. The van der Waals surface area contributed by atoms with E-state index in [1.54, 1.807) is 18.2 Å². The maximum atomic E-state index is 12.6. The quantitative estimate of drug-likeness (QED) is 0.216. The SMILES string of the molecule is COc1cc(C=C(C#N)C(=O)Nc2nc(S(=O)(=O)C(C)C)ns2)ccc1OCCOc1cccc(C)c1. The van der Waals surface area contributed by atoms with Gasteiger partial charge >= 0.3 is 0 Å². The Hall–Kier alpha value is -3.95. The molecule has 3 rings (SSSR count). The minimum Gasteiger partial charge on any atom is -0.493 e. The molecule has 1 amide bonds. The summed E-state index contributed by atoms with van der Waals surface area (Å²) in [5, 5.41) is 10.8. The molecule has 194 valence electrons. The van der Waals surface area contributed by atoms with Crippen molar-refractivity contribution in [1.82, 2.24) is 9.36 Å². The summed E-state index contributed by atoms with van der Waals surface area (Å²) in [7, 11) is -2.20. The van der Waals surface area contributed by atoms with E-state index in [-0.39, 0.29) is 22.5 Å². The summed E-state index contributed by atoms with van der Waals surface area (Å²) in [5.41, 5.74) is 1.40. The van der Waals surface area contributed by atoms with Crippen LogP contribution in [0.1, 0.15) is 25.0 Å². The number of nitriles is 1. The van der Waals surface area contributed by atoms with Gasteiger partial charge in [0.05, 0.1) is 12.4 Å². The molecule has 0 bridgehead atoms. The second kappa shape index (κ2) is 12.3. The Morgan fingerprint density at radius 3 is 2.59 bits per heavy atom. The lowest BCUT2D eigenvalue weighted by Gasteiger charge is -2.12. The first-order valence-electron chi connectivity index (χ1n) is 11.1. The number of carbonyl (C=O) groups is 1. The van der Waals surface area contributed by atoms with E-state index in [0.29, 0.717) is 23.7 Å². The van der Waals surface area contributed by atoms with Crippen LogP contribution in [0.3, 0.4) is 0 Å². The zero-order chi connectivity index (χ0) is 27.0. The smallest absolute Gasteiger partial charge is 0.268 e. The molecule has 0 aliphatic heterocycles. The summed E-state index contributed by atoms with van der Waals surface area (Å²) in [4.78, 5) is 16.5. The van der Waals surface area contributed by atoms with Gasteiger partial charge in [0.25, 0.3) is 11.1 Å². The number of benzene rings is 2. The first kappa shape index (κ1) is 27.6. The molecular formula is C25H26N4O6S2. The summed E-state index contributed by atoms with van der Waals surface area (Å²) in [5.74, 6) is 0.891. The van der Waals surface area contributed by atoms with Crippen molar-refractivity contribution in [1.29, 1.82) is 5.26 Å². The number of ether oxygens (including phenoxy) is 3. The van der Waals surface area contributed by atoms with Gasteiger partial charge in [0.1, 0.15) is 30.6 Å². The predicted molar refractivity (Wildman–Crippen MR) is 140 cm³/mol. The first-order chi connectivity index (χ1) is 17.6. The Morgan fingerprint density at radius 1 is 1.16 bits per heavy atom. The number of sulfone groups is 1. The molecule has 0 fully saturated rings. The normalized spacial score (nSPS) is 11.6. The number of hydrogen-bond donors (Lipinski definition) is 1. The Balaban J connectivity index is 1.65. The summed E-state index contributed by atoms with van der Waals surface area (Å²) in [6.07, 6.45) is 1.37. The number of hydrogen-bond acceptors (Lipinski definition) is 10. The van der Waals surface area contributed by atoms with Gasteiger partial charge in [-0.05, 0) is 62.2 Å². The third-order valence-corrected chi connectivity index (χ3v) is 7.64. The molecule has 1 N–H and O–H groups in total. The van der Waals surface area contributed by atoms with Crippen molar-refractivity contribution in [3.63, 3.8) is 0 Å². The molecule has 0 radical (unpaired) electrons. The van der Waals surface area contributed by atoms with Crippen LogP contribution in [-0.4, -0.2) is 49.3 Å². The maximum absolute atomic E-state index is 12.6. The summed E-state index contributed by atoms with van der Waals surface area (Å²) in [6, 6.07) is 14.5. The Bertz CT molecular complexity index is 1440. The van der Waals surface area contributed by atoms with Gasteiger partial charge in [0.2, 0.25) is 15.0 Å². The number of nitrogens with zero attached hydrogens (tertiary/aromatic N) is 3. The van der Waals surface area contributed by atoms with Gasteiger partial charge in [-0.3, -0.25) is 10.1 Å². The fourth-order valence-electron chi connectivity index (χ4n) is 2.98. The van der Waals surface area contributed by atoms with Crippen molar-refractivity contribution in [2.45, 2.75) is 31.2 Å². The van der Waals surface area contributed by atoms with Crippen LogP contribution in [0.5, 0.6) is 17.2 Å². The molecule has 0 aliphatic rings. The zero-order valence-electron chi connectivity index (χ0n) is 20.7. The number of aryl methyl sites for hydroxylation is 1. The van der Waals surface area contributed by atoms with E-state index in [2.05, 4.69) is 14.7 Å². The van der Waals surface area contributed by atoms with E-state index >= 15 is 0 Å². The van der Waals surface area contributed by atoms with Crippen LogP contribution in [0.25, 0.3) is 6.08 Å². The second-order valence-electron chi connectivity index (χ2n) is 8.02. The number of aromatic nitrogens is 2. The lowest BCUT2D eigenvalue weighted by molar-refractivity contribution is -0.112. The van der Waals surface area contributed by atoms with E-state index in [1.807, 2.05) is 37.3 Å². The standard InChI is InChI=1S/C25H26N4O6S2/c1-16(2)37(31,32)25-28-24(36-29-25)27-23(30)19(15-26)13-18-8-9-21(22(14-18)33-4)35-11-10-34-20-7-5-6-17(3)12-20/h5-9,12-14,16H,10-11H2,1-4H3,(H,27,28,29,30). The molecule has 10 nitrogen and oxygen atoms in total. The van der Waals surface area contributed by atoms with Crippen LogP contribution < -0.4 is 19.5 Å². The molecule has 0 unspecified atom stereocenters. The Morgan fingerprint density at radius 2 is 1.92 bits per heavy atom. The highest BCUT2D eigenvalue weighted by Gasteiger charge is 2.25. The van der Waals surface area contributed by atoms with Gasteiger partial charge in [-0.1, -0.05) is 18.2 Å². The van der Waals surface area contributed by atoms with Crippen LogP contribution in [0.15, 0.2) is 53.2 Å². The number of methoxy groups -OCH3 is 1. The number of anilines is 1. The van der Waals surface area contributed by atoms with Gasteiger partial charge in [-0.25, -0.2) is 8.42 Å². The van der Waals surface area contributed by atoms with Crippen LogP contribution in [0, 0.1) is 18.3 Å². The van der Waals surface area contributed by atoms with Crippen LogP contribution >= 0.6 is 11.5 Å². The molecule has 0 atom stereocenters. The van der Waals surface area contributed by atoms with Gasteiger partial charge in [0.15, 0.2) is 11.5 Å². The highest BCUT2D eigenvalue weighted by molar-refractivity contribution is 7.91. The van der Waals surface area contributed by atoms with Crippen molar-refractivity contribution in [2.75, 3.05) is 25.6 Å². The summed E-state index contributed by atoms with van der Waals surface area (Å²) in [6.45, 7) is 5.61. The Labute approximate surface area is 219 Å². The molecule has 1 heterocycles. The van der Waals surface area contributed by atoms with E-state index in [0.717, 1.165) is 22.8 Å². The molecule has 12 heteroatoms. The van der Waals surface area contributed by atoms with Crippen molar-refractivity contribution < 1.29 is 27.4 Å². The molecule has 37 heavy (non-hydrogen) atoms. The third kappa shape index (κ3) is 7.28.